The first-order chi connectivity index (χ1) is 13.7. The molecule has 0 unspecified atom stereocenters. The third-order valence-electron chi connectivity index (χ3n) is 4.11. The van der Waals surface area contributed by atoms with Gasteiger partial charge in [-0.2, -0.15) is 4.98 Å². The molecule has 2 aromatic carbocycles. The fourth-order valence-corrected chi connectivity index (χ4v) is 3.77. The van der Waals surface area contributed by atoms with Crippen LogP contribution in [0.2, 0.25) is 0 Å². The first kappa shape index (κ1) is 16.3. The van der Waals surface area contributed by atoms with Gasteiger partial charge in [-0.25, -0.2) is 4.99 Å². The molecule has 0 saturated carbocycles. The van der Waals surface area contributed by atoms with Crippen LogP contribution in [-0.4, -0.2) is 26.2 Å². The van der Waals surface area contributed by atoms with Gasteiger partial charge in [0.1, 0.15) is 4.88 Å². The Labute approximate surface area is 161 Å². The number of nitrogens with zero attached hydrogens (tertiary/aromatic N) is 4. The SMILES string of the molecule is O=C1N=c2ccccc2=C1c1sc(Nc2nnc(-c3ccccc3)o2)nc1O. The molecular formula is C19H11N5O3S. The van der Waals surface area contributed by atoms with Crippen LogP contribution in [0.15, 0.2) is 64.0 Å². The molecule has 0 atom stereocenters. The van der Waals surface area contributed by atoms with E-state index < -0.39 is 5.91 Å². The standard InChI is InChI=1S/C19H11N5O3S/c25-15-13(11-8-4-5-9-12(11)20-15)14-16(26)21-19(28-14)22-18-24-23-17(27-18)10-6-2-1-3-7-10/h1-9,26H,(H,21,22,24). The highest BCUT2D eigenvalue weighted by atomic mass is 32.1. The van der Waals surface area contributed by atoms with E-state index in [4.69, 9.17) is 4.42 Å². The summed E-state index contributed by atoms with van der Waals surface area (Å²) in [7, 11) is 0. The second-order valence-corrected chi connectivity index (χ2v) is 6.88. The van der Waals surface area contributed by atoms with Gasteiger partial charge < -0.3 is 9.52 Å². The van der Waals surface area contributed by atoms with E-state index in [9.17, 15) is 9.90 Å². The van der Waals surface area contributed by atoms with Crippen LogP contribution in [0.1, 0.15) is 4.88 Å². The van der Waals surface area contributed by atoms with Crippen molar-refractivity contribution in [3.05, 3.63) is 70.1 Å². The molecule has 0 aliphatic carbocycles. The van der Waals surface area contributed by atoms with E-state index >= 15 is 0 Å². The molecule has 0 saturated heterocycles. The first-order valence-electron chi connectivity index (χ1n) is 8.27. The molecule has 0 fully saturated rings. The van der Waals surface area contributed by atoms with Crippen molar-refractivity contribution in [2.75, 3.05) is 5.32 Å². The summed E-state index contributed by atoms with van der Waals surface area (Å²) in [6.07, 6.45) is 0. The lowest BCUT2D eigenvalue weighted by Crippen LogP contribution is -2.22. The van der Waals surface area contributed by atoms with Crippen molar-refractivity contribution in [1.29, 1.82) is 0 Å². The Morgan fingerprint density at radius 2 is 1.79 bits per heavy atom. The van der Waals surface area contributed by atoms with Crippen molar-refractivity contribution in [3.8, 4) is 17.3 Å². The number of aromatic nitrogens is 3. The van der Waals surface area contributed by atoms with Crippen LogP contribution in [0.3, 0.4) is 0 Å². The first-order valence-corrected chi connectivity index (χ1v) is 9.09. The van der Waals surface area contributed by atoms with Crippen LogP contribution in [0, 0.1) is 0 Å². The molecule has 28 heavy (non-hydrogen) atoms. The molecule has 1 amide bonds. The summed E-state index contributed by atoms with van der Waals surface area (Å²) in [6, 6.07) is 16.6. The molecule has 4 aromatic rings. The number of fused-ring (bicyclic) bond motifs is 1. The summed E-state index contributed by atoms with van der Waals surface area (Å²) < 4.78 is 5.59. The summed E-state index contributed by atoms with van der Waals surface area (Å²) in [5.41, 5.74) is 1.12. The summed E-state index contributed by atoms with van der Waals surface area (Å²) >= 11 is 1.11. The van der Waals surface area contributed by atoms with E-state index in [2.05, 4.69) is 25.5 Å². The van der Waals surface area contributed by atoms with Gasteiger partial charge in [-0.15, -0.1) is 5.10 Å². The number of hydrogen-bond acceptors (Lipinski definition) is 8. The maximum Gasteiger partial charge on any atom is 0.322 e. The highest BCUT2D eigenvalue weighted by Crippen LogP contribution is 2.35. The quantitative estimate of drug-likeness (QED) is 0.549. The zero-order valence-corrected chi connectivity index (χ0v) is 15.0. The fraction of sp³-hybridized carbons (Fsp3) is 0. The number of amides is 1. The summed E-state index contributed by atoms with van der Waals surface area (Å²) in [5, 5.41) is 22.6. The van der Waals surface area contributed by atoms with Gasteiger partial charge in [-0.1, -0.05) is 52.8 Å². The molecule has 2 N–H and O–H groups in total. The summed E-state index contributed by atoms with van der Waals surface area (Å²) in [5.74, 6) is -0.307. The monoisotopic (exact) mass is 389 g/mol. The van der Waals surface area contributed by atoms with Gasteiger partial charge in [0.05, 0.1) is 10.9 Å². The van der Waals surface area contributed by atoms with Crippen LogP contribution in [0.4, 0.5) is 11.1 Å². The Balaban J connectivity index is 1.48. The zero-order valence-electron chi connectivity index (χ0n) is 14.2. The Kier molecular flexibility index (Phi) is 3.73. The predicted molar refractivity (Wildman–Crippen MR) is 102 cm³/mol. The van der Waals surface area contributed by atoms with E-state index in [1.807, 2.05) is 36.4 Å². The lowest BCUT2D eigenvalue weighted by atomic mass is 10.1. The normalized spacial score (nSPS) is 12.7. The topological polar surface area (TPSA) is 114 Å². The smallest absolute Gasteiger partial charge is 0.322 e. The van der Waals surface area contributed by atoms with Crippen LogP contribution in [0.5, 0.6) is 5.88 Å². The Bertz CT molecular complexity index is 1330. The molecule has 5 rings (SSSR count). The van der Waals surface area contributed by atoms with E-state index in [0.29, 0.717) is 32.0 Å². The number of hydrogen-bond donors (Lipinski definition) is 2. The molecule has 136 valence electrons. The Morgan fingerprint density at radius 3 is 2.64 bits per heavy atom. The van der Waals surface area contributed by atoms with Crippen LogP contribution >= 0.6 is 11.3 Å². The molecule has 0 bridgehead atoms. The van der Waals surface area contributed by atoms with Crippen molar-refractivity contribution in [3.63, 3.8) is 0 Å². The summed E-state index contributed by atoms with van der Waals surface area (Å²) in [6.45, 7) is 0. The summed E-state index contributed by atoms with van der Waals surface area (Å²) in [4.78, 5) is 20.7. The maximum atomic E-state index is 12.3. The van der Waals surface area contributed by atoms with Crippen molar-refractivity contribution in [1.82, 2.24) is 15.2 Å². The number of thiazole rings is 1. The van der Waals surface area contributed by atoms with E-state index in [0.717, 1.165) is 16.9 Å². The Morgan fingerprint density at radius 1 is 1.00 bits per heavy atom. The van der Waals surface area contributed by atoms with Gasteiger partial charge in [-0.3, -0.25) is 10.1 Å². The van der Waals surface area contributed by atoms with Crippen molar-refractivity contribution < 1.29 is 14.3 Å². The minimum atomic E-state index is -0.407. The number of benzene rings is 2. The second-order valence-electron chi connectivity index (χ2n) is 5.88. The van der Waals surface area contributed by atoms with E-state index in [1.54, 1.807) is 18.2 Å². The number of nitrogens with one attached hydrogen (secondary N) is 1. The van der Waals surface area contributed by atoms with Gasteiger partial charge in [0, 0.05) is 10.8 Å². The average Bonchev–Trinajstić information content (AvgIpc) is 3.39. The molecular weight excluding hydrogens is 378 g/mol. The highest BCUT2D eigenvalue weighted by Gasteiger charge is 2.25. The average molecular weight is 389 g/mol. The zero-order chi connectivity index (χ0) is 19.1. The predicted octanol–water partition coefficient (Wildman–Crippen LogP) is 2.00. The minimum Gasteiger partial charge on any atom is -0.492 e. The van der Waals surface area contributed by atoms with Crippen LogP contribution in [0.25, 0.3) is 17.0 Å². The van der Waals surface area contributed by atoms with E-state index in [1.165, 1.54) is 0 Å². The number of anilines is 2. The van der Waals surface area contributed by atoms with Crippen LogP contribution in [-0.2, 0) is 4.79 Å². The second kappa shape index (κ2) is 6.39. The minimum absolute atomic E-state index is 0.131. The molecule has 0 radical (unpaired) electrons. The molecule has 3 heterocycles. The van der Waals surface area contributed by atoms with Crippen molar-refractivity contribution in [2.45, 2.75) is 0 Å². The molecule has 2 aromatic heterocycles. The van der Waals surface area contributed by atoms with Gasteiger partial charge in [0.25, 0.3) is 5.91 Å². The number of rotatable bonds is 4. The van der Waals surface area contributed by atoms with Gasteiger partial charge >= 0.3 is 6.01 Å². The van der Waals surface area contributed by atoms with Gasteiger partial charge in [0.2, 0.25) is 11.8 Å². The van der Waals surface area contributed by atoms with Gasteiger partial charge in [0.15, 0.2) is 5.13 Å². The molecule has 0 spiro atoms. The fourth-order valence-electron chi connectivity index (χ4n) is 2.87. The number of carbonyl (C=O) groups is 1. The maximum absolute atomic E-state index is 12.3. The van der Waals surface area contributed by atoms with Crippen LogP contribution < -0.4 is 15.9 Å². The highest BCUT2D eigenvalue weighted by molar-refractivity contribution is 7.17. The lowest BCUT2D eigenvalue weighted by molar-refractivity contribution is -0.112. The molecule has 1 aliphatic rings. The third kappa shape index (κ3) is 2.74. The Hall–Kier alpha value is -3.85. The van der Waals surface area contributed by atoms with Crippen molar-refractivity contribution in [2.24, 2.45) is 4.99 Å². The van der Waals surface area contributed by atoms with Gasteiger partial charge in [-0.05, 0) is 18.2 Å². The van der Waals surface area contributed by atoms with E-state index in [-0.39, 0.29) is 11.9 Å². The molecule has 9 heteroatoms. The number of aromatic hydroxyl groups is 1. The lowest BCUT2D eigenvalue weighted by Gasteiger charge is -1.95. The number of para-hydroxylation sites is 1. The largest absolute Gasteiger partial charge is 0.492 e. The molecule has 1 aliphatic heterocycles. The van der Waals surface area contributed by atoms with Crippen molar-refractivity contribution >= 4 is 34.0 Å². The molecule has 8 nitrogen and oxygen atoms in total. The number of carbonyl (C=O) groups excluding carboxylic acids is 1. The third-order valence-corrected chi connectivity index (χ3v) is 5.08.